The Bertz CT molecular complexity index is 797. The predicted molar refractivity (Wildman–Crippen MR) is 109 cm³/mol. The number of likely N-dealkylation sites (tertiary alicyclic amines) is 1. The number of likely N-dealkylation sites (N-methyl/N-ethyl adjacent to an activating group) is 1. The van der Waals surface area contributed by atoms with Crippen molar-refractivity contribution in [3.05, 3.63) is 65.7 Å². The molecule has 2 aromatic carbocycles. The van der Waals surface area contributed by atoms with Crippen LogP contribution >= 0.6 is 0 Å². The maximum atomic E-state index is 13.0. The number of nitrogens with one attached hydrogen (secondary N) is 1. The van der Waals surface area contributed by atoms with E-state index in [1.54, 1.807) is 11.0 Å². The molecule has 3 rings (SSSR count). The summed E-state index contributed by atoms with van der Waals surface area (Å²) in [6.07, 6.45) is 1.38. The first-order valence-corrected chi connectivity index (χ1v) is 9.57. The van der Waals surface area contributed by atoms with E-state index in [0.29, 0.717) is 25.2 Å². The molecule has 1 aliphatic rings. The lowest BCUT2D eigenvalue weighted by Crippen LogP contribution is -2.39. The molecule has 28 heavy (non-hydrogen) atoms. The fourth-order valence-corrected chi connectivity index (χ4v) is 3.66. The number of β-amino-alcohol motifs (C(OH)–C–C–N with tert-alkyl or cyclic N) is 1. The standard InChI is InChI=1S/C22H27N3O3/c1-24(22(28)13-17-6-5-9-19(12-17)23-16-26)21(18-7-3-2-4-8-18)15-25-11-10-20(27)14-25/h2-9,12,16,20-21,27H,10-11,13-15H2,1H3,(H,23,26)/t20-,21?/m0/s1. The summed E-state index contributed by atoms with van der Waals surface area (Å²) < 4.78 is 0. The minimum atomic E-state index is -0.287. The first kappa shape index (κ1) is 20.0. The van der Waals surface area contributed by atoms with Crippen LogP contribution < -0.4 is 5.32 Å². The van der Waals surface area contributed by atoms with Crippen LogP contribution in [0.2, 0.25) is 0 Å². The number of aliphatic hydroxyl groups excluding tert-OH is 1. The minimum Gasteiger partial charge on any atom is -0.392 e. The Morgan fingerprint density at radius 3 is 2.75 bits per heavy atom. The summed E-state index contributed by atoms with van der Waals surface area (Å²) >= 11 is 0. The summed E-state index contributed by atoms with van der Waals surface area (Å²) in [5, 5.41) is 12.5. The number of carbonyl (C=O) groups is 2. The number of anilines is 1. The molecule has 0 saturated carbocycles. The van der Waals surface area contributed by atoms with Gasteiger partial charge < -0.3 is 15.3 Å². The average molecular weight is 381 g/mol. The first-order chi connectivity index (χ1) is 13.6. The summed E-state index contributed by atoms with van der Waals surface area (Å²) in [5.41, 5.74) is 2.61. The largest absolute Gasteiger partial charge is 0.392 e. The van der Waals surface area contributed by atoms with Crippen LogP contribution in [0.5, 0.6) is 0 Å². The highest BCUT2D eigenvalue weighted by Crippen LogP contribution is 2.24. The summed E-state index contributed by atoms with van der Waals surface area (Å²) in [4.78, 5) is 27.6. The van der Waals surface area contributed by atoms with Crippen molar-refractivity contribution in [2.75, 3.05) is 32.0 Å². The van der Waals surface area contributed by atoms with Crippen molar-refractivity contribution >= 4 is 18.0 Å². The van der Waals surface area contributed by atoms with Crippen LogP contribution in [0.4, 0.5) is 5.69 Å². The van der Waals surface area contributed by atoms with Crippen LogP contribution in [0.3, 0.4) is 0 Å². The second kappa shape index (κ2) is 9.48. The van der Waals surface area contributed by atoms with Crippen molar-refractivity contribution in [3.63, 3.8) is 0 Å². The van der Waals surface area contributed by atoms with Gasteiger partial charge in [0.25, 0.3) is 0 Å². The fourth-order valence-electron chi connectivity index (χ4n) is 3.66. The molecule has 0 bridgehead atoms. The van der Waals surface area contributed by atoms with Crippen LogP contribution in [0, 0.1) is 0 Å². The summed E-state index contributed by atoms with van der Waals surface area (Å²) in [7, 11) is 1.83. The molecule has 6 heteroatoms. The van der Waals surface area contributed by atoms with Gasteiger partial charge in [-0.1, -0.05) is 42.5 Å². The molecule has 2 N–H and O–H groups in total. The third-order valence-electron chi connectivity index (χ3n) is 5.23. The zero-order valence-corrected chi connectivity index (χ0v) is 16.1. The van der Waals surface area contributed by atoms with Crippen LogP contribution in [-0.2, 0) is 16.0 Å². The second-order valence-electron chi connectivity index (χ2n) is 7.27. The molecule has 0 radical (unpaired) electrons. The van der Waals surface area contributed by atoms with Crippen molar-refractivity contribution in [3.8, 4) is 0 Å². The Morgan fingerprint density at radius 2 is 2.07 bits per heavy atom. The topological polar surface area (TPSA) is 72.9 Å². The van der Waals surface area contributed by atoms with Gasteiger partial charge in [0, 0.05) is 32.4 Å². The van der Waals surface area contributed by atoms with Gasteiger partial charge in [-0.3, -0.25) is 14.5 Å². The van der Waals surface area contributed by atoms with E-state index in [4.69, 9.17) is 0 Å². The molecule has 1 fully saturated rings. The zero-order valence-electron chi connectivity index (χ0n) is 16.1. The number of amides is 2. The Balaban J connectivity index is 1.74. The van der Waals surface area contributed by atoms with E-state index in [1.807, 2.05) is 55.6 Å². The van der Waals surface area contributed by atoms with Crippen LogP contribution in [-0.4, -0.2) is 60.0 Å². The molecule has 0 aliphatic carbocycles. The molecule has 0 spiro atoms. The van der Waals surface area contributed by atoms with Gasteiger partial charge in [0.1, 0.15) is 0 Å². The third-order valence-corrected chi connectivity index (χ3v) is 5.23. The van der Waals surface area contributed by atoms with Crippen LogP contribution in [0.1, 0.15) is 23.6 Å². The molecular weight excluding hydrogens is 354 g/mol. The lowest BCUT2D eigenvalue weighted by atomic mass is 10.0. The van der Waals surface area contributed by atoms with Crippen LogP contribution in [0.25, 0.3) is 0 Å². The highest BCUT2D eigenvalue weighted by molar-refractivity contribution is 5.80. The molecule has 148 valence electrons. The quantitative estimate of drug-likeness (QED) is 0.687. The zero-order chi connectivity index (χ0) is 19.9. The van der Waals surface area contributed by atoms with Gasteiger partial charge in [0.2, 0.25) is 12.3 Å². The molecule has 1 saturated heterocycles. The van der Waals surface area contributed by atoms with Crippen molar-refractivity contribution < 1.29 is 14.7 Å². The van der Waals surface area contributed by atoms with E-state index >= 15 is 0 Å². The first-order valence-electron chi connectivity index (χ1n) is 9.57. The normalized spacial score (nSPS) is 17.9. The molecule has 2 atom stereocenters. The number of hydrogen-bond acceptors (Lipinski definition) is 4. The van der Waals surface area contributed by atoms with E-state index in [1.165, 1.54) is 0 Å². The number of aliphatic hydroxyl groups is 1. The Kier molecular flexibility index (Phi) is 6.79. The minimum absolute atomic E-state index is 0.0110. The molecule has 1 heterocycles. The smallest absolute Gasteiger partial charge is 0.227 e. The molecule has 2 aromatic rings. The Labute approximate surface area is 165 Å². The van der Waals surface area contributed by atoms with E-state index in [-0.39, 0.29) is 24.5 Å². The van der Waals surface area contributed by atoms with Gasteiger partial charge in [-0.2, -0.15) is 0 Å². The number of rotatable bonds is 8. The molecule has 6 nitrogen and oxygen atoms in total. The van der Waals surface area contributed by atoms with E-state index in [2.05, 4.69) is 10.2 Å². The lowest BCUT2D eigenvalue weighted by molar-refractivity contribution is -0.131. The molecule has 1 unspecified atom stereocenters. The lowest BCUT2D eigenvalue weighted by Gasteiger charge is -2.32. The fraction of sp³-hybridized carbons (Fsp3) is 0.364. The second-order valence-corrected chi connectivity index (χ2v) is 7.27. The van der Waals surface area contributed by atoms with Crippen molar-refractivity contribution in [2.24, 2.45) is 0 Å². The van der Waals surface area contributed by atoms with Gasteiger partial charge in [-0.05, 0) is 29.7 Å². The third kappa shape index (κ3) is 5.18. The van der Waals surface area contributed by atoms with Gasteiger partial charge in [-0.15, -0.1) is 0 Å². The van der Waals surface area contributed by atoms with Crippen molar-refractivity contribution in [1.29, 1.82) is 0 Å². The van der Waals surface area contributed by atoms with Crippen molar-refractivity contribution in [1.82, 2.24) is 9.80 Å². The highest BCUT2D eigenvalue weighted by atomic mass is 16.3. The SMILES string of the molecule is CN(C(=O)Cc1cccc(NC=O)c1)C(CN1CC[C@H](O)C1)c1ccccc1. The molecular formula is C22H27N3O3. The number of hydrogen-bond donors (Lipinski definition) is 2. The summed E-state index contributed by atoms with van der Waals surface area (Å²) in [6.45, 7) is 2.17. The van der Waals surface area contributed by atoms with Crippen molar-refractivity contribution in [2.45, 2.75) is 25.0 Å². The molecule has 0 aromatic heterocycles. The van der Waals surface area contributed by atoms with Crippen LogP contribution in [0.15, 0.2) is 54.6 Å². The summed E-state index contributed by atoms with van der Waals surface area (Å²) in [5.74, 6) is 0.0110. The summed E-state index contributed by atoms with van der Waals surface area (Å²) in [6, 6.07) is 17.2. The van der Waals surface area contributed by atoms with Gasteiger partial charge in [0.05, 0.1) is 18.6 Å². The maximum absolute atomic E-state index is 13.0. The predicted octanol–water partition coefficient (Wildman–Crippen LogP) is 2.06. The van der Waals surface area contributed by atoms with Gasteiger partial charge in [-0.25, -0.2) is 0 Å². The Hall–Kier alpha value is -2.70. The van der Waals surface area contributed by atoms with E-state index in [0.717, 1.165) is 24.1 Å². The highest BCUT2D eigenvalue weighted by Gasteiger charge is 2.28. The Morgan fingerprint density at radius 1 is 1.29 bits per heavy atom. The number of carbonyl (C=O) groups excluding carboxylic acids is 2. The average Bonchev–Trinajstić information content (AvgIpc) is 3.12. The molecule has 1 aliphatic heterocycles. The van der Waals surface area contributed by atoms with Gasteiger partial charge >= 0.3 is 0 Å². The monoisotopic (exact) mass is 381 g/mol. The molecule has 2 amide bonds. The number of nitrogens with zero attached hydrogens (tertiary/aromatic N) is 2. The maximum Gasteiger partial charge on any atom is 0.227 e. The van der Waals surface area contributed by atoms with E-state index < -0.39 is 0 Å². The van der Waals surface area contributed by atoms with Gasteiger partial charge in [0.15, 0.2) is 0 Å². The number of benzene rings is 2. The van der Waals surface area contributed by atoms with E-state index in [9.17, 15) is 14.7 Å².